The van der Waals surface area contributed by atoms with Gasteiger partial charge in [0.25, 0.3) is 0 Å². The summed E-state index contributed by atoms with van der Waals surface area (Å²) in [4.78, 5) is 5.05. The SMILES string of the molecule is Cc1cccc([C@H]2CC=NOC2)c1. The Kier molecular flexibility index (Phi) is 2.30. The van der Waals surface area contributed by atoms with E-state index in [0.29, 0.717) is 12.5 Å². The van der Waals surface area contributed by atoms with Gasteiger partial charge in [0.2, 0.25) is 0 Å². The molecule has 0 N–H and O–H groups in total. The maximum Gasteiger partial charge on any atom is 0.124 e. The van der Waals surface area contributed by atoms with Crippen LogP contribution in [-0.2, 0) is 4.84 Å². The normalized spacial score (nSPS) is 21.2. The fourth-order valence-corrected chi connectivity index (χ4v) is 1.58. The summed E-state index contributed by atoms with van der Waals surface area (Å²) in [6.45, 7) is 2.82. The molecule has 1 aromatic rings. The van der Waals surface area contributed by atoms with E-state index in [4.69, 9.17) is 4.84 Å². The highest BCUT2D eigenvalue weighted by molar-refractivity contribution is 5.58. The van der Waals surface area contributed by atoms with Gasteiger partial charge in [-0.05, 0) is 18.9 Å². The highest BCUT2D eigenvalue weighted by atomic mass is 16.6. The Morgan fingerprint density at radius 2 is 2.38 bits per heavy atom. The minimum atomic E-state index is 0.484. The third-order valence-electron chi connectivity index (χ3n) is 2.33. The van der Waals surface area contributed by atoms with Crippen LogP contribution >= 0.6 is 0 Å². The van der Waals surface area contributed by atoms with Crippen molar-refractivity contribution in [2.45, 2.75) is 19.3 Å². The molecule has 0 amide bonds. The van der Waals surface area contributed by atoms with Crippen LogP contribution in [0.1, 0.15) is 23.5 Å². The van der Waals surface area contributed by atoms with Gasteiger partial charge in [-0.25, -0.2) is 0 Å². The van der Waals surface area contributed by atoms with Gasteiger partial charge in [0, 0.05) is 12.1 Å². The monoisotopic (exact) mass is 175 g/mol. The van der Waals surface area contributed by atoms with E-state index in [1.807, 2.05) is 6.21 Å². The van der Waals surface area contributed by atoms with Gasteiger partial charge in [-0.2, -0.15) is 0 Å². The van der Waals surface area contributed by atoms with Crippen molar-refractivity contribution in [3.05, 3.63) is 35.4 Å². The second kappa shape index (κ2) is 3.60. The molecule has 0 aliphatic carbocycles. The summed E-state index contributed by atoms with van der Waals surface area (Å²) in [5.74, 6) is 0.484. The van der Waals surface area contributed by atoms with E-state index in [9.17, 15) is 0 Å². The standard InChI is InChI=1S/C11H13NO/c1-9-3-2-4-10(7-9)11-5-6-12-13-8-11/h2-4,6-7,11H,5,8H2,1H3/t11-/m0/s1. The van der Waals surface area contributed by atoms with Crippen molar-refractivity contribution in [1.29, 1.82) is 0 Å². The van der Waals surface area contributed by atoms with E-state index in [-0.39, 0.29) is 0 Å². The van der Waals surface area contributed by atoms with E-state index >= 15 is 0 Å². The molecular formula is C11H13NO. The van der Waals surface area contributed by atoms with Gasteiger partial charge in [-0.15, -0.1) is 0 Å². The summed E-state index contributed by atoms with van der Waals surface area (Å²) >= 11 is 0. The largest absolute Gasteiger partial charge is 0.395 e. The predicted molar refractivity (Wildman–Crippen MR) is 53.0 cm³/mol. The van der Waals surface area contributed by atoms with Gasteiger partial charge in [-0.1, -0.05) is 35.0 Å². The molecule has 2 nitrogen and oxygen atoms in total. The molecule has 0 saturated carbocycles. The highest BCUT2D eigenvalue weighted by Crippen LogP contribution is 2.22. The number of nitrogens with zero attached hydrogens (tertiary/aromatic N) is 1. The molecule has 1 aromatic carbocycles. The molecule has 68 valence electrons. The summed E-state index contributed by atoms with van der Waals surface area (Å²) in [5, 5.41) is 3.75. The Balaban J connectivity index is 2.20. The molecule has 1 aliphatic rings. The third-order valence-corrected chi connectivity index (χ3v) is 2.33. The van der Waals surface area contributed by atoms with Crippen LogP contribution < -0.4 is 0 Å². The summed E-state index contributed by atoms with van der Waals surface area (Å²) < 4.78 is 0. The average Bonchev–Trinajstić information content (AvgIpc) is 2.19. The molecule has 1 aliphatic heterocycles. The van der Waals surface area contributed by atoms with Gasteiger partial charge in [0.15, 0.2) is 0 Å². The van der Waals surface area contributed by atoms with Crippen molar-refractivity contribution >= 4 is 6.21 Å². The lowest BCUT2D eigenvalue weighted by molar-refractivity contribution is 0.120. The van der Waals surface area contributed by atoms with Gasteiger partial charge in [0.05, 0.1) is 0 Å². The number of benzene rings is 1. The molecule has 0 fully saturated rings. The number of rotatable bonds is 1. The van der Waals surface area contributed by atoms with Crippen molar-refractivity contribution in [2.75, 3.05) is 6.61 Å². The zero-order valence-electron chi connectivity index (χ0n) is 7.73. The molecule has 0 spiro atoms. The Bertz CT molecular complexity index is 320. The van der Waals surface area contributed by atoms with Crippen molar-refractivity contribution in [2.24, 2.45) is 5.16 Å². The first-order chi connectivity index (χ1) is 6.36. The molecule has 0 bridgehead atoms. The molecule has 0 saturated heterocycles. The fourth-order valence-electron chi connectivity index (χ4n) is 1.58. The Labute approximate surface area is 78.2 Å². The van der Waals surface area contributed by atoms with Crippen LogP contribution in [0.25, 0.3) is 0 Å². The highest BCUT2D eigenvalue weighted by Gasteiger charge is 2.13. The quantitative estimate of drug-likeness (QED) is 0.642. The number of hydrogen-bond acceptors (Lipinski definition) is 2. The van der Waals surface area contributed by atoms with Crippen molar-refractivity contribution in [3.8, 4) is 0 Å². The van der Waals surface area contributed by atoms with E-state index in [1.165, 1.54) is 11.1 Å². The van der Waals surface area contributed by atoms with Gasteiger partial charge in [-0.3, -0.25) is 0 Å². The lowest BCUT2D eigenvalue weighted by Gasteiger charge is -2.17. The van der Waals surface area contributed by atoms with E-state index in [1.54, 1.807) is 0 Å². The second-order valence-electron chi connectivity index (χ2n) is 3.43. The summed E-state index contributed by atoms with van der Waals surface area (Å²) in [5.41, 5.74) is 2.66. The number of oxime groups is 1. The first-order valence-corrected chi connectivity index (χ1v) is 4.56. The summed E-state index contributed by atoms with van der Waals surface area (Å²) in [6, 6.07) is 8.57. The van der Waals surface area contributed by atoms with Crippen LogP contribution in [0.15, 0.2) is 29.4 Å². The average molecular weight is 175 g/mol. The lowest BCUT2D eigenvalue weighted by atomic mass is 9.95. The molecule has 2 heteroatoms. The number of aryl methyl sites for hydroxylation is 1. The maximum absolute atomic E-state index is 5.05. The van der Waals surface area contributed by atoms with Crippen LogP contribution in [0, 0.1) is 6.92 Å². The first-order valence-electron chi connectivity index (χ1n) is 4.56. The van der Waals surface area contributed by atoms with Gasteiger partial charge < -0.3 is 4.84 Å². The lowest BCUT2D eigenvalue weighted by Crippen LogP contribution is -2.10. The van der Waals surface area contributed by atoms with Crippen LogP contribution in [-0.4, -0.2) is 12.8 Å². The topological polar surface area (TPSA) is 21.6 Å². The third kappa shape index (κ3) is 1.89. The summed E-state index contributed by atoms with van der Waals surface area (Å²) in [6.07, 6.45) is 2.83. The minimum Gasteiger partial charge on any atom is -0.395 e. The molecule has 0 aromatic heterocycles. The van der Waals surface area contributed by atoms with Gasteiger partial charge >= 0.3 is 0 Å². The molecule has 13 heavy (non-hydrogen) atoms. The molecule has 1 atom stereocenters. The smallest absolute Gasteiger partial charge is 0.124 e. The minimum absolute atomic E-state index is 0.484. The van der Waals surface area contributed by atoms with E-state index in [0.717, 1.165) is 6.42 Å². The van der Waals surface area contributed by atoms with Crippen molar-refractivity contribution < 1.29 is 4.84 Å². The van der Waals surface area contributed by atoms with Crippen LogP contribution in [0.4, 0.5) is 0 Å². The van der Waals surface area contributed by atoms with E-state index < -0.39 is 0 Å². The van der Waals surface area contributed by atoms with Gasteiger partial charge in [0.1, 0.15) is 6.61 Å². The molecule has 0 unspecified atom stereocenters. The second-order valence-corrected chi connectivity index (χ2v) is 3.43. The Morgan fingerprint density at radius 3 is 3.08 bits per heavy atom. The Morgan fingerprint density at radius 1 is 1.46 bits per heavy atom. The Hall–Kier alpha value is -1.31. The molecule has 2 rings (SSSR count). The molecular weight excluding hydrogens is 162 g/mol. The number of hydrogen-bond donors (Lipinski definition) is 0. The molecule has 1 heterocycles. The van der Waals surface area contributed by atoms with E-state index in [2.05, 4.69) is 36.3 Å². The van der Waals surface area contributed by atoms with Crippen LogP contribution in [0.5, 0.6) is 0 Å². The molecule has 0 radical (unpaired) electrons. The van der Waals surface area contributed by atoms with Crippen LogP contribution in [0.3, 0.4) is 0 Å². The zero-order valence-corrected chi connectivity index (χ0v) is 7.73. The van der Waals surface area contributed by atoms with Crippen LogP contribution in [0.2, 0.25) is 0 Å². The van der Waals surface area contributed by atoms with Crippen molar-refractivity contribution in [1.82, 2.24) is 0 Å². The first kappa shape index (κ1) is 8.30. The van der Waals surface area contributed by atoms with Crippen molar-refractivity contribution in [3.63, 3.8) is 0 Å². The summed E-state index contributed by atoms with van der Waals surface area (Å²) in [7, 11) is 0. The zero-order chi connectivity index (χ0) is 9.10. The fraction of sp³-hybridized carbons (Fsp3) is 0.364. The maximum atomic E-state index is 5.05. The predicted octanol–water partition coefficient (Wildman–Crippen LogP) is 2.48.